The number of rotatable bonds is 14. The number of Topliss-reactive ketones (excluding diaryl/α,β-unsaturated/α-hetero) is 2. The van der Waals surface area contributed by atoms with Crippen LogP contribution in [0.1, 0.15) is 56.8 Å². The average molecular weight is 1020 g/mol. The second-order valence-electron chi connectivity index (χ2n) is 14.6. The minimum Gasteiger partial charge on any atom is -0.324 e. The van der Waals surface area contributed by atoms with E-state index in [4.69, 9.17) is 46.4 Å². The molecule has 2 atom stereocenters. The van der Waals surface area contributed by atoms with Crippen molar-refractivity contribution >= 4 is 116 Å². The molecule has 0 saturated heterocycles. The summed E-state index contributed by atoms with van der Waals surface area (Å²) in [6.45, 7) is 5.27. The van der Waals surface area contributed by atoms with Gasteiger partial charge in [-0.25, -0.2) is 0 Å². The van der Waals surface area contributed by atoms with Crippen LogP contribution in [0.2, 0.25) is 20.1 Å². The van der Waals surface area contributed by atoms with E-state index in [9.17, 15) is 55.1 Å². The quantitative estimate of drug-likeness (QED) is 0.0484. The third-order valence-corrected chi connectivity index (χ3v) is 10.3. The van der Waals surface area contributed by atoms with Gasteiger partial charge in [0.15, 0.2) is 11.6 Å². The van der Waals surface area contributed by atoms with E-state index in [1.165, 1.54) is 48.5 Å². The lowest BCUT2D eigenvalue weighted by molar-refractivity contribution is -0.138. The normalized spacial score (nSPS) is 12.7. The van der Waals surface area contributed by atoms with Gasteiger partial charge in [-0.2, -0.15) is 46.8 Å². The maximum Gasteiger partial charge on any atom is 0.417 e. The first-order valence-electron chi connectivity index (χ1n) is 19.2. The van der Waals surface area contributed by atoms with Crippen LogP contribution < -0.4 is 21.3 Å². The number of nitrogens with zero attached hydrogens (tertiary/aromatic N) is 4. The molecule has 4 amide bonds. The summed E-state index contributed by atoms with van der Waals surface area (Å²) in [4.78, 5) is 77.8. The number of aryl methyl sites for hydroxylation is 2. The number of nitrogens with one attached hydrogen (secondary N) is 4. The van der Waals surface area contributed by atoms with E-state index in [-0.39, 0.29) is 55.3 Å². The lowest BCUT2D eigenvalue weighted by Gasteiger charge is -2.17. The highest BCUT2D eigenvalue weighted by Crippen LogP contribution is 2.38. The van der Waals surface area contributed by atoms with Crippen LogP contribution in [-0.4, -0.2) is 47.3 Å². The predicted octanol–water partition coefficient (Wildman–Crippen LogP) is 12.8. The molecular formula is C44H32Cl4F6N8O6. The molecule has 0 aliphatic carbocycles. The Labute approximate surface area is 401 Å². The number of halogens is 10. The molecule has 0 spiro atoms. The number of carbonyl (C=O) groups is 6. The number of ketones is 2. The zero-order chi connectivity index (χ0) is 50.4. The Morgan fingerprint density at radius 2 is 0.882 bits per heavy atom. The fourth-order valence-corrected chi connectivity index (χ4v) is 7.00. The Morgan fingerprint density at radius 1 is 0.500 bits per heavy atom. The highest BCUT2D eigenvalue weighted by atomic mass is 35.5. The Morgan fingerprint density at radius 3 is 1.25 bits per heavy atom. The molecule has 5 aromatic carbocycles. The van der Waals surface area contributed by atoms with Gasteiger partial charge in [0.2, 0.25) is 12.1 Å². The molecule has 24 heteroatoms. The number of hydrogen-bond donors (Lipinski definition) is 4. The number of carbonyl (C=O) groups excluding carboxylic acids is 6. The van der Waals surface area contributed by atoms with Crippen LogP contribution in [-0.2, 0) is 31.5 Å². The summed E-state index contributed by atoms with van der Waals surface area (Å²) >= 11 is 23.7. The maximum atomic E-state index is 13.4. The number of anilines is 4. The van der Waals surface area contributed by atoms with Crippen molar-refractivity contribution in [2.45, 2.75) is 52.1 Å². The van der Waals surface area contributed by atoms with E-state index in [2.05, 4.69) is 41.7 Å². The molecule has 5 aromatic rings. The van der Waals surface area contributed by atoms with E-state index in [0.717, 1.165) is 38.1 Å². The Balaban J connectivity index is 1.26. The fourth-order valence-electron chi connectivity index (χ4n) is 6.09. The average Bonchev–Trinajstić information content (AvgIpc) is 3.22. The third-order valence-electron chi connectivity index (χ3n) is 9.24. The minimum atomic E-state index is -4.79. The number of alkyl halides is 6. The van der Waals surface area contributed by atoms with Crippen molar-refractivity contribution in [2.75, 3.05) is 21.3 Å². The largest absolute Gasteiger partial charge is 0.417 e. The van der Waals surface area contributed by atoms with Gasteiger partial charge in [0.25, 0.3) is 23.6 Å². The van der Waals surface area contributed by atoms with Crippen LogP contribution in [0.5, 0.6) is 0 Å². The van der Waals surface area contributed by atoms with Crippen LogP contribution >= 0.6 is 46.4 Å². The topological polar surface area (TPSA) is 200 Å². The van der Waals surface area contributed by atoms with Crippen molar-refractivity contribution in [3.8, 4) is 0 Å². The molecule has 0 aliphatic rings. The van der Waals surface area contributed by atoms with Gasteiger partial charge in [-0.1, -0.05) is 46.4 Å². The summed E-state index contributed by atoms with van der Waals surface area (Å²) in [5.74, 6) is -5.09. The Kier molecular flexibility index (Phi) is 16.5. The van der Waals surface area contributed by atoms with Crippen LogP contribution in [0.25, 0.3) is 0 Å². The lowest BCUT2D eigenvalue weighted by atomic mass is 10.1. The summed E-state index contributed by atoms with van der Waals surface area (Å²) in [6.07, 6.45) is -9.58. The molecule has 0 aromatic heterocycles. The lowest BCUT2D eigenvalue weighted by Crippen LogP contribution is -2.33. The number of hydrogen-bond acceptors (Lipinski definition) is 10. The SMILES string of the molecule is CC(=O)C(N=Nc1cc(Cl)cc(C(=O)Nc2ccc(Cl)c(C(F)(F)F)c2)c1)C(=O)Nc1cc(C)c(NC(=O)C(N=Nc2cc(Cl)cc(C(=O)Nc3ccc(Cl)c(C(F)(F)F)c3)c2)C(C)=O)c(C)c1. The van der Waals surface area contributed by atoms with Crippen LogP contribution in [0.15, 0.2) is 105 Å². The van der Waals surface area contributed by atoms with Crippen LogP contribution in [0, 0.1) is 13.8 Å². The number of benzene rings is 5. The maximum absolute atomic E-state index is 13.4. The van der Waals surface area contributed by atoms with Gasteiger partial charge in [-0.3, -0.25) is 28.8 Å². The molecule has 0 radical (unpaired) electrons. The van der Waals surface area contributed by atoms with E-state index < -0.39 is 80.8 Å². The van der Waals surface area contributed by atoms with Gasteiger partial charge >= 0.3 is 12.4 Å². The first-order chi connectivity index (χ1) is 31.7. The van der Waals surface area contributed by atoms with E-state index in [0.29, 0.717) is 23.3 Å². The third kappa shape index (κ3) is 13.7. The Hall–Kier alpha value is -6.74. The predicted molar refractivity (Wildman–Crippen MR) is 243 cm³/mol. The van der Waals surface area contributed by atoms with Crippen LogP contribution in [0.3, 0.4) is 0 Å². The van der Waals surface area contributed by atoms with E-state index in [1.807, 2.05) is 0 Å². The van der Waals surface area contributed by atoms with Crippen molar-refractivity contribution < 1.29 is 55.1 Å². The summed E-state index contributed by atoms with van der Waals surface area (Å²) in [7, 11) is 0. The van der Waals surface area contributed by atoms with Crippen molar-refractivity contribution in [3.05, 3.63) is 138 Å². The van der Waals surface area contributed by atoms with Gasteiger partial charge in [-0.05, 0) is 124 Å². The molecule has 14 nitrogen and oxygen atoms in total. The molecule has 2 unspecified atom stereocenters. The molecule has 0 heterocycles. The molecule has 0 bridgehead atoms. The molecule has 0 fully saturated rings. The van der Waals surface area contributed by atoms with Crippen molar-refractivity contribution in [1.29, 1.82) is 0 Å². The summed E-state index contributed by atoms with van der Waals surface area (Å²) in [6, 6.07) is 12.2. The van der Waals surface area contributed by atoms with Crippen LogP contribution in [0.4, 0.5) is 60.5 Å². The molecular weight excluding hydrogens is 992 g/mol. The van der Waals surface area contributed by atoms with Gasteiger partial charge in [0.05, 0.1) is 32.5 Å². The van der Waals surface area contributed by atoms with E-state index >= 15 is 0 Å². The summed E-state index contributed by atoms with van der Waals surface area (Å²) in [5.41, 5.74) is -2.15. The van der Waals surface area contributed by atoms with Gasteiger partial charge in [0, 0.05) is 43.9 Å². The van der Waals surface area contributed by atoms with Gasteiger partial charge in [-0.15, -0.1) is 0 Å². The molecule has 354 valence electrons. The highest BCUT2D eigenvalue weighted by molar-refractivity contribution is 6.32. The monoisotopic (exact) mass is 1020 g/mol. The molecule has 5 rings (SSSR count). The van der Waals surface area contributed by atoms with E-state index in [1.54, 1.807) is 13.8 Å². The first kappa shape index (κ1) is 52.2. The van der Waals surface area contributed by atoms with Crippen molar-refractivity contribution in [2.24, 2.45) is 20.5 Å². The highest BCUT2D eigenvalue weighted by Gasteiger charge is 2.35. The minimum absolute atomic E-state index is 0.0380. The fraction of sp³-hybridized carbons (Fsp3) is 0.182. The zero-order valence-electron chi connectivity index (χ0n) is 35.3. The molecule has 0 saturated carbocycles. The second-order valence-corrected chi connectivity index (χ2v) is 16.3. The van der Waals surface area contributed by atoms with Crippen molar-refractivity contribution in [1.82, 2.24) is 0 Å². The zero-order valence-corrected chi connectivity index (χ0v) is 38.3. The molecule has 4 N–H and O–H groups in total. The standard InChI is InChI=1S/C44H32Cl4F6N8O6/c1-19-9-29(57-41(67)37(21(3)63)61-59-30-13-23(11-25(45)15-30)39(65)55-27-5-7-34(47)32(17-27)43(49,50)51)10-20(2)36(19)58-42(68)38(22(4)64)62-60-31-14-24(12-26(46)16-31)40(66)56-28-6-8-35(48)33(18-28)44(52,53)54/h5-18,37-38H,1-4H3,(H,55,65)(H,56,66)(H,57,67)(H,58,68). The Bertz CT molecular complexity index is 2910. The van der Waals surface area contributed by atoms with Gasteiger partial charge in [0.1, 0.15) is 0 Å². The molecule has 0 aliphatic heterocycles. The van der Waals surface area contributed by atoms with Crippen molar-refractivity contribution in [3.63, 3.8) is 0 Å². The molecule has 68 heavy (non-hydrogen) atoms. The second kappa shape index (κ2) is 21.5. The number of azo groups is 2. The van der Waals surface area contributed by atoms with Gasteiger partial charge < -0.3 is 21.3 Å². The number of amides is 4. The first-order valence-corrected chi connectivity index (χ1v) is 20.7. The smallest absolute Gasteiger partial charge is 0.324 e. The summed E-state index contributed by atoms with van der Waals surface area (Å²) < 4.78 is 80.0. The summed E-state index contributed by atoms with van der Waals surface area (Å²) in [5, 5.41) is 24.1.